The molecule has 0 unspecified atom stereocenters. The monoisotopic (exact) mass is 601 g/mol. The molecule has 0 aliphatic carbocycles. The van der Waals surface area contributed by atoms with Crippen LogP contribution in [0, 0.1) is 5.92 Å². The van der Waals surface area contributed by atoms with Gasteiger partial charge in [0.25, 0.3) is 0 Å². The van der Waals surface area contributed by atoms with Crippen molar-refractivity contribution in [3.8, 4) is 11.5 Å². The van der Waals surface area contributed by atoms with Crippen molar-refractivity contribution in [1.82, 2.24) is 14.9 Å². The summed E-state index contributed by atoms with van der Waals surface area (Å²) in [5, 5.41) is 5.36. The van der Waals surface area contributed by atoms with E-state index < -0.39 is 5.54 Å². The van der Waals surface area contributed by atoms with Crippen LogP contribution in [0.15, 0.2) is 91.4 Å². The van der Waals surface area contributed by atoms with Crippen LogP contribution in [0.1, 0.15) is 43.5 Å². The summed E-state index contributed by atoms with van der Waals surface area (Å²) in [6, 6.07) is 25.6. The number of nitrogens with zero attached hydrogens (tertiary/aromatic N) is 2. The van der Waals surface area contributed by atoms with Crippen LogP contribution in [0.3, 0.4) is 0 Å². The van der Waals surface area contributed by atoms with E-state index in [4.69, 9.17) is 19.9 Å². The van der Waals surface area contributed by atoms with E-state index in [1.807, 2.05) is 96.6 Å². The lowest BCUT2D eigenvalue weighted by Gasteiger charge is -2.20. The van der Waals surface area contributed by atoms with Crippen molar-refractivity contribution in [1.29, 1.82) is 0 Å². The standard InChI is InChI=1S/C29H31N3O4.C5H12N2O/c1-21(18-36-19-22-7-5-4-6-8-22)29(33)31-27-17-32(20-30-27)28(23-9-13-25(34-2)14-10-23)24-11-15-26(35-3)16-12-24;1-5(2,6)4(8)7-3/h4-17,20-21,28H,18-19H2,1-3H3,(H,31,33);6H2,1-3H3,(H,7,8)/t21-;/m1./s1. The van der Waals surface area contributed by atoms with Crippen LogP contribution < -0.4 is 25.8 Å². The zero-order valence-corrected chi connectivity index (χ0v) is 26.2. The van der Waals surface area contributed by atoms with E-state index in [0.717, 1.165) is 28.2 Å². The highest BCUT2D eigenvalue weighted by molar-refractivity contribution is 5.91. The second-order valence-electron chi connectivity index (χ2n) is 10.8. The van der Waals surface area contributed by atoms with E-state index >= 15 is 0 Å². The molecule has 234 valence electrons. The van der Waals surface area contributed by atoms with Crippen molar-refractivity contribution >= 4 is 17.6 Å². The zero-order chi connectivity index (χ0) is 32.1. The highest BCUT2D eigenvalue weighted by Gasteiger charge is 2.20. The topological polar surface area (TPSA) is 130 Å². The van der Waals surface area contributed by atoms with E-state index in [9.17, 15) is 9.59 Å². The molecular weight excluding hydrogens is 558 g/mol. The molecule has 0 radical (unpaired) electrons. The number of rotatable bonds is 12. The fraction of sp³-hybridized carbons (Fsp3) is 0.324. The van der Waals surface area contributed by atoms with Crippen molar-refractivity contribution in [2.75, 3.05) is 33.2 Å². The molecule has 44 heavy (non-hydrogen) atoms. The zero-order valence-electron chi connectivity index (χ0n) is 26.2. The number of anilines is 1. The van der Waals surface area contributed by atoms with Crippen molar-refractivity contribution in [2.45, 2.75) is 39.0 Å². The Morgan fingerprint density at radius 3 is 1.91 bits per heavy atom. The minimum atomic E-state index is -0.741. The van der Waals surface area contributed by atoms with Gasteiger partial charge in [-0.1, -0.05) is 61.5 Å². The van der Waals surface area contributed by atoms with Gasteiger partial charge in [0.1, 0.15) is 11.5 Å². The number of nitrogens with one attached hydrogen (secondary N) is 2. The third-order valence-corrected chi connectivity index (χ3v) is 6.75. The van der Waals surface area contributed by atoms with Gasteiger partial charge in [-0.3, -0.25) is 9.59 Å². The quantitative estimate of drug-likeness (QED) is 0.213. The molecule has 2 amide bonds. The highest BCUT2D eigenvalue weighted by atomic mass is 16.5. The van der Waals surface area contributed by atoms with Gasteiger partial charge in [-0.05, 0) is 54.8 Å². The normalized spacial score (nSPS) is 11.6. The molecule has 1 atom stereocenters. The molecule has 0 aliphatic rings. The molecule has 0 fully saturated rings. The van der Waals surface area contributed by atoms with Gasteiger partial charge in [0.15, 0.2) is 5.82 Å². The van der Waals surface area contributed by atoms with Gasteiger partial charge < -0.3 is 35.1 Å². The second kappa shape index (κ2) is 16.3. The molecule has 4 rings (SSSR count). The van der Waals surface area contributed by atoms with Gasteiger partial charge in [-0.25, -0.2) is 4.98 Å². The lowest BCUT2D eigenvalue weighted by molar-refractivity contribution is -0.124. The van der Waals surface area contributed by atoms with Gasteiger partial charge in [-0.15, -0.1) is 0 Å². The Morgan fingerprint density at radius 2 is 1.45 bits per heavy atom. The van der Waals surface area contributed by atoms with Crippen molar-refractivity contribution in [2.24, 2.45) is 11.7 Å². The van der Waals surface area contributed by atoms with Crippen molar-refractivity contribution in [3.63, 3.8) is 0 Å². The van der Waals surface area contributed by atoms with Crippen LogP contribution in [0.2, 0.25) is 0 Å². The molecule has 0 aliphatic heterocycles. The second-order valence-corrected chi connectivity index (χ2v) is 10.8. The number of amides is 2. The average Bonchev–Trinajstić information content (AvgIpc) is 3.49. The first kappa shape index (κ1) is 33.8. The number of methoxy groups -OCH3 is 2. The third kappa shape index (κ3) is 9.96. The Morgan fingerprint density at radius 1 is 0.909 bits per heavy atom. The number of nitrogens with two attached hydrogens (primary N) is 1. The molecule has 10 nitrogen and oxygen atoms in total. The molecule has 0 saturated heterocycles. The number of hydrogen-bond acceptors (Lipinski definition) is 7. The molecule has 10 heteroatoms. The van der Waals surface area contributed by atoms with Gasteiger partial charge in [0.2, 0.25) is 11.8 Å². The summed E-state index contributed by atoms with van der Waals surface area (Å²) in [5.41, 5.74) is 7.82. The predicted octanol–water partition coefficient (Wildman–Crippen LogP) is 4.80. The Labute approximate surface area is 259 Å². The van der Waals surface area contributed by atoms with Crippen molar-refractivity contribution in [3.05, 3.63) is 108 Å². The Hall–Kier alpha value is -4.67. The van der Waals surface area contributed by atoms with Gasteiger partial charge in [0, 0.05) is 13.2 Å². The van der Waals surface area contributed by atoms with E-state index in [0.29, 0.717) is 19.0 Å². The molecule has 1 heterocycles. The van der Waals surface area contributed by atoms with Crippen LogP contribution in [-0.4, -0.2) is 54.8 Å². The van der Waals surface area contributed by atoms with Crippen LogP contribution in [-0.2, 0) is 20.9 Å². The summed E-state index contributed by atoms with van der Waals surface area (Å²) in [4.78, 5) is 27.8. The maximum Gasteiger partial charge on any atom is 0.239 e. The summed E-state index contributed by atoms with van der Waals surface area (Å²) in [6.07, 6.45) is 3.57. The number of carbonyl (C=O) groups excluding carboxylic acids is 2. The Kier molecular flexibility index (Phi) is 12.5. The first-order chi connectivity index (χ1) is 21.0. The predicted molar refractivity (Wildman–Crippen MR) is 172 cm³/mol. The fourth-order valence-electron chi connectivity index (χ4n) is 4.23. The lowest BCUT2D eigenvalue weighted by atomic mass is 9.98. The summed E-state index contributed by atoms with van der Waals surface area (Å²) in [6.45, 7) is 5.95. The van der Waals surface area contributed by atoms with Crippen LogP contribution in [0.25, 0.3) is 0 Å². The summed E-state index contributed by atoms with van der Waals surface area (Å²) in [7, 11) is 4.86. The summed E-state index contributed by atoms with van der Waals surface area (Å²) in [5.74, 6) is 1.46. The third-order valence-electron chi connectivity index (χ3n) is 6.75. The van der Waals surface area contributed by atoms with Crippen molar-refractivity contribution < 1.29 is 23.8 Å². The number of hydrogen-bond donors (Lipinski definition) is 3. The number of aromatic nitrogens is 2. The number of likely N-dealkylation sites (N-methyl/N-ethyl adjacent to an activating group) is 1. The molecule has 4 aromatic rings. The molecular formula is C34H43N5O5. The molecule has 3 aromatic carbocycles. The smallest absolute Gasteiger partial charge is 0.239 e. The minimum absolute atomic E-state index is 0.140. The maximum absolute atomic E-state index is 12.7. The lowest BCUT2D eigenvalue weighted by Crippen LogP contribution is -2.47. The minimum Gasteiger partial charge on any atom is -0.497 e. The van der Waals surface area contributed by atoms with Gasteiger partial charge >= 0.3 is 0 Å². The summed E-state index contributed by atoms with van der Waals surface area (Å²) < 4.78 is 18.4. The number of imidazole rings is 1. The van der Waals surface area contributed by atoms with Crippen LogP contribution in [0.4, 0.5) is 5.82 Å². The number of carbonyl (C=O) groups is 2. The molecule has 0 saturated carbocycles. The van der Waals surface area contributed by atoms with Crippen LogP contribution in [0.5, 0.6) is 11.5 Å². The molecule has 1 aromatic heterocycles. The first-order valence-electron chi connectivity index (χ1n) is 14.3. The first-order valence-corrected chi connectivity index (χ1v) is 14.3. The molecule has 0 bridgehead atoms. The van der Waals surface area contributed by atoms with Gasteiger partial charge in [-0.2, -0.15) is 0 Å². The fourth-order valence-corrected chi connectivity index (χ4v) is 4.23. The van der Waals surface area contributed by atoms with E-state index in [2.05, 4.69) is 15.6 Å². The molecule has 0 spiro atoms. The summed E-state index contributed by atoms with van der Waals surface area (Å²) >= 11 is 0. The highest BCUT2D eigenvalue weighted by Crippen LogP contribution is 2.30. The van der Waals surface area contributed by atoms with E-state index in [1.165, 1.54) is 0 Å². The average molecular weight is 602 g/mol. The van der Waals surface area contributed by atoms with E-state index in [-0.39, 0.29) is 23.8 Å². The molecule has 4 N–H and O–H groups in total. The van der Waals surface area contributed by atoms with E-state index in [1.54, 1.807) is 41.4 Å². The SMILES string of the molecule is CNC(=O)C(C)(C)N.COc1ccc(C(c2ccc(OC)cc2)n2cnc(NC(=O)[C@H](C)COCc3ccccc3)c2)cc1. The largest absolute Gasteiger partial charge is 0.497 e. The Bertz CT molecular complexity index is 1400. The number of benzene rings is 3. The van der Waals surface area contributed by atoms with Crippen LogP contribution >= 0.6 is 0 Å². The number of ether oxygens (including phenoxy) is 3. The van der Waals surface area contributed by atoms with Gasteiger partial charge in [0.05, 0.1) is 51.3 Å². The Balaban J connectivity index is 0.000000583. The maximum atomic E-state index is 12.7.